The van der Waals surface area contributed by atoms with Gasteiger partial charge in [0.1, 0.15) is 0 Å². The summed E-state index contributed by atoms with van der Waals surface area (Å²) in [6.45, 7) is 4.36. The lowest BCUT2D eigenvalue weighted by Crippen LogP contribution is -2.48. The molecule has 0 bridgehead atoms. The first-order chi connectivity index (χ1) is 11.1. The molecule has 4 N–H and O–H groups in total. The third kappa shape index (κ3) is 18.1. The summed E-state index contributed by atoms with van der Waals surface area (Å²) in [7, 11) is 0. The van der Waals surface area contributed by atoms with Crippen molar-refractivity contribution in [3.63, 3.8) is 0 Å². The first-order valence-corrected chi connectivity index (χ1v) is 10.7. The third-order valence-corrected chi connectivity index (χ3v) is 5.15. The lowest BCUT2D eigenvalue weighted by Gasteiger charge is -2.22. The summed E-state index contributed by atoms with van der Waals surface area (Å²) in [6.07, 6.45) is 24.4. The highest BCUT2D eigenvalue weighted by Crippen LogP contribution is 2.15. The van der Waals surface area contributed by atoms with Crippen LogP contribution >= 0.6 is 0 Å². The Hall–Kier alpha value is -0.0800. The fraction of sp³-hybridized carbons (Fsp3) is 1.00. The predicted molar refractivity (Wildman–Crippen MR) is 106 cm³/mol. The van der Waals surface area contributed by atoms with Crippen LogP contribution in [0.25, 0.3) is 0 Å². The largest absolute Gasteiger partial charge is 0.314 e. The van der Waals surface area contributed by atoms with E-state index in [1.807, 2.05) is 0 Å². The molecule has 2 nitrogen and oxygen atoms in total. The molecule has 0 amide bonds. The Balaban J connectivity index is 3.05. The van der Waals surface area contributed by atoms with Crippen LogP contribution < -0.4 is 11.5 Å². The van der Waals surface area contributed by atoms with E-state index in [1.165, 1.54) is 103 Å². The van der Waals surface area contributed by atoms with E-state index in [-0.39, 0.29) is 0 Å². The van der Waals surface area contributed by atoms with Gasteiger partial charge in [-0.15, -0.1) is 0 Å². The fourth-order valence-corrected chi connectivity index (χ4v) is 3.18. The van der Waals surface area contributed by atoms with E-state index in [9.17, 15) is 0 Å². The maximum absolute atomic E-state index is 5.95. The second kappa shape index (κ2) is 16.8. The Labute approximate surface area is 147 Å². The first kappa shape index (κ1) is 22.9. The molecule has 0 aliphatic heterocycles. The molecule has 0 aromatic rings. The summed E-state index contributed by atoms with van der Waals surface area (Å²) in [5.74, 6) is 0. The normalized spacial score (nSPS) is 12.0. The van der Waals surface area contributed by atoms with Crippen molar-refractivity contribution >= 4 is 0 Å². The topological polar surface area (TPSA) is 52.0 Å². The number of hydrogen-bond acceptors (Lipinski definition) is 2. The van der Waals surface area contributed by atoms with Crippen LogP contribution in [0.5, 0.6) is 0 Å². The van der Waals surface area contributed by atoms with Gasteiger partial charge >= 0.3 is 0 Å². The zero-order valence-electron chi connectivity index (χ0n) is 16.4. The van der Waals surface area contributed by atoms with Crippen LogP contribution in [0.1, 0.15) is 129 Å². The smallest absolute Gasteiger partial charge is 0.0633 e. The molecular weight excluding hydrogens is 280 g/mol. The fourth-order valence-electron chi connectivity index (χ4n) is 3.18. The van der Waals surface area contributed by atoms with Crippen molar-refractivity contribution in [3.8, 4) is 0 Å². The summed E-state index contributed by atoms with van der Waals surface area (Å²) < 4.78 is 0. The molecule has 0 fully saturated rings. The molecule has 23 heavy (non-hydrogen) atoms. The first-order valence-electron chi connectivity index (χ1n) is 10.7. The Morgan fingerprint density at radius 2 is 0.783 bits per heavy atom. The van der Waals surface area contributed by atoms with Gasteiger partial charge in [0, 0.05) is 0 Å². The summed E-state index contributed by atoms with van der Waals surface area (Å²) >= 11 is 0. The van der Waals surface area contributed by atoms with Crippen molar-refractivity contribution in [2.75, 3.05) is 0 Å². The van der Waals surface area contributed by atoms with E-state index in [2.05, 4.69) is 13.8 Å². The van der Waals surface area contributed by atoms with E-state index in [4.69, 9.17) is 11.5 Å². The molecule has 0 saturated heterocycles. The minimum Gasteiger partial charge on any atom is -0.314 e. The molecule has 0 aromatic heterocycles. The molecule has 0 aromatic carbocycles. The van der Waals surface area contributed by atoms with Crippen molar-refractivity contribution < 1.29 is 0 Å². The molecule has 0 unspecified atom stereocenters. The van der Waals surface area contributed by atoms with E-state index < -0.39 is 5.66 Å². The summed E-state index contributed by atoms with van der Waals surface area (Å²) in [6, 6.07) is 0. The SMILES string of the molecule is CCCCCCCCCCCCCCCCCCC(N)(N)CC. The maximum Gasteiger partial charge on any atom is 0.0633 e. The van der Waals surface area contributed by atoms with Gasteiger partial charge in [-0.25, -0.2) is 0 Å². The molecule has 140 valence electrons. The van der Waals surface area contributed by atoms with Gasteiger partial charge in [-0.05, 0) is 12.8 Å². The van der Waals surface area contributed by atoms with Crippen molar-refractivity contribution in [2.45, 2.75) is 135 Å². The lowest BCUT2D eigenvalue weighted by atomic mass is 9.99. The summed E-state index contributed by atoms with van der Waals surface area (Å²) in [4.78, 5) is 0. The van der Waals surface area contributed by atoms with E-state index in [0.29, 0.717) is 0 Å². The van der Waals surface area contributed by atoms with E-state index >= 15 is 0 Å². The molecule has 0 radical (unpaired) electrons. The molecule has 0 rings (SSSR count). The van der Waals surface area contributed by atoms with Crippen LogP contribution in [0, 0.1) is 0 Å². The standard InChI is InChI=1S/C21H46N2/c1-3-5-6-7-8-9-10-11-12-13-14-15-16-17-18-19-20-21(22,23)4-2/h3-20,22-23H2,1-2H3. The van der Waals surface area contributed by atoms with Gasteiger partial charge in [-0.1, -0.05) is 117 Å². The average Bonchev–Trinajstić information content (AvgIpc) is 2.54. The van der Waals surface area contributed by atoms with Gasteiger partial charge in [-0.2, -0.15) is 0 Å². The second-order valence-electron chi connectivity index (χ2n) is 7.64. The number of unbranched alkanes of at least 4 members (excludes halogenated alkanes) is 15. The molecule has 0 aliphatic rings. The zero-order valence-corrected chi connectivity index (χ0v) is 16.4. The zero-order chi connectivity index (χ0) is 17.2. The Morgan fingerprint density at radius 3 is 1.09 bits per heavy atom. The van der Waals surface area contributed by atoms with Crippen molar-refractivity contribution in [2.24, 2.45) is 11.5 Å². The quantitative estimate of drug-likeness (QED) is 0.218. The van der Waals surface area contributed by atoms with Gasteiger partial charge in [0.15, 0.2) is 0 Å². The lowest BCUT2D eigenvalue weighted by molar-refractivity contribution is 0.374. The van der Waals surface area contributed by atoms with Crippen LogP contribution in [0.4, 0.5) is 0 Å². The van der Waals surface area contributed by atoms with Crippen LogP contribution in [0.2, 0.25) is 0 Å². The predicted octanol–water partition coefficient (Wildman–Crippen LogP) is 6.66. The van der Waals surface area contributed by atoms with Crippen LogP contribution in [-0.4, -0.2) is 5.66 Å². The highest BCUT2D eigenvalue weighted by Gasteiger charge is 2.14. The van der Waals surface area contributed by atoms with E-state index in [0.717, 1.165) is 12.8 Å². The Kier molecular flexibility index (Phi) is 16.7. The number of rotatable bonds is 18. The summed E-state index contributed by atoms with van der Waals surface area (Å²) in [5.41, 5.74) is 11.5. The van der Waals surface area contributed by atoms with Gasteiger partial charge in [-0.3, -0.25) is 0 Å². The molecule has 0 heterocycles. The molecule has 2 heteroatoms. The average molecular weight is 327 g/mol. The van der Waals surface area contributed by atoms with Crippen molar-refractivity contribution in [1.82, 2.24) is 0 Å². The third-order valence-electron chi connectivity index (χ3n) is 5.15. The second-order valence-corrected chi connectivity index (χ2v) is 7.64. The molecule has 0 spiro atoms. The van der Waals surface area contributed by atoms with Gasteiger partial charge in [0.25, 0.3) is 0 Å². The van der Waals surface area contributed by atoms with E-state index in [1.54, 1.807) is 0 Å². The summed E-state index contributed by atoms with van der Waals surface area (Å²) in [5, 5.41) is 0. The highest BCUT2D eigenvalue weighted by atomic mass is 14.9. The van der Waals surface area contributed by atoms with Crippen molar-refractivity contribution in [1.29, 1.82) is 0 Å². The van der Waals surface area contributed by atoms with Gasteiger partial charge in [0.05, 0.1) is 5.66 Å². The molecule has 0 aliphatic carbocycles. The molecule has 0 saturated carbocycles. The Bertz CT molecular complexity index is 226. The van der Waals surface area contributed by atoms with Crippen LogP contribution in [-0.2, 0) is 0 Å². The molecule has 0 atom stereocenters. The Morgan fingerprint density at radius 1 is 0.478 bits per heavy atom. The molecular formula is C21H46N2. The minimum atomic E-state index is -0.421. The van der Waals surface area contributed by atoms with Crippen LogP contribution in [0.3, 0.4) is 0 Å². The van der Waals surface area contributed by atoms with Gasteiger partial charge < -0.3 is 11.5 Å². The highest BCUT2D eigenvalue weighted by molar-refractivity contribution is 4.73. The number of nitrogens with two attached hydrogens (primary N) is 2. The van der Waals surface area contributed by atoms with Gasteiger partial charge in [0.2, 0.25) is 0 Å². The minimum absolute atomic E-state index is 0.421. The monoisotopic (exact) mass is 326 g/mol. The van der Waals surface area contributed by atoms with Crippen molar-refractivity contribution in [3.05, 3.63) is 0 Å². The van der Waals surface area contributed by atoms with Crippen LogP contribution in [0.15, 0.2) is 0 Å². The number of hydrogen-bond donors (Lipinski definition) is 2. The maximum atomic E-state index is 5.95.